The van der Waals surface area contributed by atoms with Crippen molar-refractivity contribution in [2.24, 2.45) is 5.73 Å². The van der Waals surface area contributed by atoms with E-state index in [-0.39, 0.29) is 6.15 Å². The summed E-state index contributed by atoms with van der Waals surface area (Å²) in [6, 6.07) is 0. The molecule has 0 radical (unpaired) electrons. The van der Waals surface area contributed by atoms with Gasteiger partial charge in [0.1, 0.15) is 0 Å². The average Bonchev–Trinajstić information content (AvgIpc) is 0.811. The van der Waals surface area contributed by atoms with E-state index >= 15 is 0 Å². The second-order valence-electron chi connectivity index (χ2n) is 0.338. The first-order valence-corrected chi connectivity index (χ1v) is 0.716. The number of rotatable bonds is 0. The number of nitrogens with two attached hydrogens (primary N) is 1. The van der Waals surface area contributed by atoms with Crippen molar-refractivity contribution in [1.82, 2.24) is 6.15 Å². The quantitative estimate of drug-likeness (QED) is 0.373. The number of carboxylic acid groups (broad SMARTS) is 1. The van der Waals surface area contributed by atoms with Crippen LogP contribution >= 0.6 is 0 Å². The van der Waals surface area contributed by atoms with Crippen molar-refractivity contribution in [2.75, 3.05) is 0 Å². The number of hydrogen-bond donors (Lipinski definition) is 3. The zero-order chi connectivity index (χ0) is 3.58. The minimum absolute atomic E-state index is 0. The standard InChI is InChI=1S/CH3NO2.H3N/c2-1(3)4;/h2H2,(H,3,4);1H3. The Labute approximate surface area is 29.2 Å². The highest BCUT2D eigenvalue weighted by Crippen LogP contribution is 1.34. The van der Waals surface area contributed by atoms with Crippen molar-refractivity contribution in [2.45, 2.75) is 0 Å². The third-order valence-electron chi connectivity index (χ3n) is 0. The molecule has 0 unspecified atom stereocenters. The number of carbonyl (C=O) groups is 1. The lowest BCUT2D eigenvalue weighted by Gasteiger charge is -1.61. The molecule has 0 bridgehead atoms. The smallest absolute Gasteiger partial charge is 0.402 e. The normalized spacial score (nSPS) is 4.80. The van der Waals surface area contributed by atoms with Gasteiger partial charge in [0.25, 0.3) is 0 Å². The van der Waals surface area contributed by atoms with Crippen LogP contribution < -0.4 is 11.9 Å². The van der Waals surface area contributed by atoms with Crippen LogP contribution in [0.2, 0.25) is 0 Å². The molecule has 0 aliphatic heterocycles. The SMILES string of the molecule is N.NC(=O)O. The van der Waals surface area contributed by atoms with Crippen LogP contribution in [-0.4, -0.2) is 11.2 Å². The van der Waals surface area contributed by atoms with Gasteiger partial charge >= 0.3 is 6.09 Å². The molecule has 0 saturated carbocycles. The summed E-state index contributed by atoms with van der Waals surface area (Å²) in [6.45, 7) is 0. The largest absolute Gasteiger partial charge is 0.465 e. The third-order valence-corrected chi connectivity index (χ3v) is 0. The maximum Gasteiger partial charge on any atom is 0.402 e. The summed E-state index contributed by atoms with van der Waals surface area (Å²) in [5.74, 6) is 0. The molecule has 0 atom stereocenters. The van der Waals surface area contributed by atoms with Crippen molar-refractivity contribution in [1.29, 1.82) is 0 Å². The molecular formula is CH6N2O2. The van der Waals surface area contributed by atoms with Crippen LogP contribution in [0.4, 0.5) is 4.79 Å². The van der Waals surface area contributed by atoms with E-state index in [9.17, 15) is 0 Å². The van der Waals surface area contributed by atoms with Gasteiger partial charge in [-0.05, 0) is 0 Å². The summed E-state index contributed by atoms with van der Waals surface area (Å²) < 4.78 is 0. The van der Waals surface area contributed by atoms with Crippen molar-refractivity contribution in [3.05, 3.63) is 0 Å². The monoisotopic (exact) mass is 78.0 g/mol. The minimum atomic E-state index is -1.33. The van der Waals surface area contributed by atoms with Gasteiger partial charge in [0.05, 0.1) is 0 Å². The molecule has 0 aliphatic carbocycles. The van der Waals surface area contributed by atoms with Crippen molar-refractivity contribution in [3.63, 3.8) is 0 Å². The van der Waals surface area contributed by atoms with E-state index in [1.54, 1.807) is 0 Å². The van der Waals surface area contributed by atoms with Gasteiger partial charge < -0.3 is 17.0 Å². The molecular weight excluding hydrogens is 72.0 g/mol. The summed E-state index contributed by atoms with van der Waals surface area (Å²) in [6.07, 6.45) is -1.33. The van der Waals surface area contributed by atoms with Crippen LogP contribution in [0.1, 0.15) is 0 Å². The van der Waals surface area contributed by atoms with E-state index in [2.05, 4.69) is 5.73 Å². The van der Waals surface area contributed by atoms with Crippen LogP contribution in [-0.2, 0) is 0 Å². The fourth-order valence-corrected chi connectivity index (χ4v) is 0. The molecule has 1 amide bonds. The zero-order valence-corrected chi connectivity index (χ0v) is 2.64. The molecule has 0 heterocycles. The Kier molecular flexibility index (Phi) is 5.73. The fraction of sp³-hybridized carbons (Fsp3) is 0. The minimum Gasteiger partial charge on any atom is -0.465 e. The molecule has 0 aromatic rings. The second kappa shape index (κ2) is 3.23. The molecule has 6 N–H and O–H groups in total. The first kappa shape index (κ1) is 8.87. The van der Waals surface area contributed by atoms with Gasteiger partial charge in [-0.2, -0.15) is 0 Å². The van der Waals surface area contributed by atoms with Gasteiger partial charge in [-0.15, -0.1) is 0 Å². The molecule has 5 heavy (non-hydrogen) atoms. The average molecular weight is 78.1 g/mol. The predicted molar refractivity (Wildman–Crippen MR) is 17.2 cm³/mol. The van der Waals surface area contributed by atoms with E-state index in [0.717, 1.165) is 0 Å². The highest BCUT2D eigenvalue weighted by atomic mass is 16.4. The van der Waals surface area contributed by atoms with Crippen LogP contribution in [0.5, 0.6) is 0 Å². The Balaban J connectivity index is 0. The van der Waals surface area contributed by atoms with Crippen LogP contribution in [0.25, 0.3) is 0 Å². The molecule has 4 nitrogen and oxygen atoms in total. The van der Waals surface area contributed by atoms with Crippen molar-refractivity contribution >= 4 is 6.09 Å². The summed E-state index contributed by atoms with van der Waals surface area (Å²) in [5.41, 5.74) is 4.03. The van der Waals surface area contributed by atoms with Gasteiger partial charge in [0, 0.05) is 0 Å². The van der Waals surface area contributed by atoms with Crippen LogP contribution in [0.3, 0.4) is 0 Å². The fourth-order valence-electron chi connectivity index (χ4n) is 0. The molecule has 0 rings (SSSR count). The first-order chi connectivity index (χ1) is 1.73. The van der Waals surface area contributed by atoms with Crippen molar-refractivity contribution in [3.8, 4) is 0 Å². The summed E-state index contributed by atoms with van der Waals surface area (Å²) in [7, 11) is 0. The van der Waals surface area contributed by atoms with Crippen LogP contribution in [0, 0.1) is 0 Å². The molecule has 4 heteroatoms. The van der Waals surface area contributed by atoms with Crippen LogP contribution in [0.15, 0.2) is 0 Å². The number of amides is 1. The molecule has 0 fully saturated rings. The Bertz CT molecular complexity index is 30.6. The van der Waals surface area contributed by atoms with Gasteiger partial charge in [-0.1, -0.05) is 0 Å². The van der Waals surface area contributed by atoms with E-state index in [1.165, 1.54) is 0 Å². The van der Waals surface area contributed by atoms with Gasteiger partial charge in [-0.25, -0.2) is 4.79 Å². The lowest BCUT2D eigenvalue weighted by atomic mass is 11.3. The topological polar surface area (TPSA) is 98.3 Å². The van der Waals surface area contributed by atoms with Gasteiger partial charge in [0.15, 0.2) is 0 Å². The lowest BCUT2D eigenvalue weighted by Crippen LogP contribution is -2.03. The Morgan fingerprint density at radius 3 is 1.80 bits per heavy atom. The molecule has 0 aliphatic rings. The predicted octanol–water partition coefficient (Wildman–Crippen LogP) is -0.215. The van der Waals surface area contributed by atoms with E-state index in [0.29, 0.717) is 0 Å². The Hall–Kier alpha value is -0.770. The Morgan fingerprint density at radius 1 is 1.80 bits per heavy atom. The highest BCUT2D eigenvalue weighted by molar-refractivity contribution is 5.61. The Morgan fingerprint density at radius 2 is 1.80 bits per heavy atom. The highest BCUT2D eigenvalue weighted by Gasteiger charge is 1.65. The summed E-state index contributed by atoms with van der Waals surface area (Å²) >= 11 is 0. The van der Waals surface area contributed by atoms with E-state index in [4.69, 9.17) is 9.90 Å². The summed E-state index contributed by atoms with van der Waals surface area (Å²) in [4.78, 5) is 8.78. The molecule has 0 saturated heterocycles. The van der Waals surface area contributed by atoms with Gasteiger partial charge in [0.2, 0.25) is 0 Å². The second-order valence-corrected chi connectivity index (χ2v) is 0.338. The summed E-state index contributed by atoms with van der Waals surface area (Å²) in [5, 5.41) is 7.19. The number of primary amides is 1. The maximum atomic E-state index is 8.78. The number of hydrogen-bond acceptors (Lipinski definition) is 2. The maximum absolute atomic E-state index is 8.78. The molecule has 0 aromatic heterocycles. The van der Waals surface area contributed by atoms with E-state index < -0.39 is 6.09 Å². The van der Waals surface area contributed by atoms with Gasteiger partial charge in [-0.3, -0.25) is 0 Å². The zero-order valence-electron chi connectivity index (χ0n) is 2.64. The first-order valence-electron chi connectivity index (χ1n) is 0.716. The molecule has 32 valence electrons. The third kappa shape index (κ3) is 8.24. The van der Waals surface area contributed by atoms with E-state index in [1.807, 2.05) is 0 Å². The molecule has 0 spiro atoms. The lowest BCUT2D eigenvalue weighted by molar-refractivity contribution is 0.205. The van der Waals surface area contributed by atoms with Crippen molar-refractivity contribution < 1.29 is 9.90 Å². The molecule has 0 aromatic carbocycles.